The van der Waals surface area contributed by atoms with Gasteiger partial charge in [-0.15, -0.1) is 0 Å². The van der Waals surface area contributed by atoms with Gasteiger partial charge in [-0.2, -0.15) is 0 Å². The fourth-order valence-electron chi connectivity index (χ4n) is 3.17. The predicted octanol–water partition coefficient (Wildman–Crippen LogP) is 2.84. The minimum atomic E-state index is 0.0611. The van der Waals surface area contributed by atoms with Crippen molar-refractivity contribution in [2.75, 3.05) is 6.61 Å². The molecule has 1 aromatic rings. The molecule has 110 valence electrons. The summed E-state index contributed by atoms with van der Waals surface area (Å²) in [4.78, 5) is 0. The van der Waals surface area contributed by atoms with Gasteiger partial charge in [0.25, 0.3) is 0 Å². The van der Waals surface area contributed by atoms with Crippen LogP contribution in [0.2, 0.25) is 0 Å². The Balaban J connectivity index is 1.63. The van der Waals surface area contributed by atoms with E-state index in [0.29, 0.717) is 0 Å². The molecule has 0 amide bonds. The van der Waals surface area contributed by atoms with E-state index in [9.17, 15) is 0 Å². The first-order valence-corrected chi connectivity index (χ1v) is 7.93. The number of nitrogens with two attached hydrogens (primary N) is 1. The fraction of sp³-hybridized carbons (Fsp3) is 0.647. The SMILES string of the molecule is CCCOC1C(N)CC1Oc1ccc2c(c1)CCCC2. The average Bonchev–Trinajstić information content (AvgIpc) is 2.47. The lowest BCUT2D eigenvalue weighted by atomic mass is 9.86. The molecule has 2 aliphatic rings. The molecule has 0 aliphatic heterocycles. The Morgan fingerprint density at radius 1 is 1.20 bits per heavy atom. The zero-order valence-electron chi connectivity index (χ0n) is 12.3. The predicted molar refractivity (Wildman–Crippen MR) is 80.1 cm³/mol. The summed E-state index contributed by atoms with van der Waals surface area (Å²) in [5, 5.41) is 0. The average molecular weight is 275 g/mol. The Bertz CT molecular complexity index is 460. The first kappa shape index (κ1) is 13.9. The summed E-state index contributed by atoms with van der Waals surface area (Å²) in [6.07, 6.45) is 7.12. The Kier molecular flexibility index (Phi) is 4.27. The monoisotopic (exact) mass is 275 g/mol. The molecular weight excluding hydrogens is 250 g/mol. The maximum absolute atomic E-state index is 6.09. The van der Waals surface area contributed by atoms with E-state index in [2.05, 4.69) is 25.1 Å². The van der Waals surface area contributed by atoms with Gasteiger partial charge in [-0.1, -0.05) is 13.0 Å². The van der Waals surface area contributed by atoms with Crippen LogP contribution in [0.3, 0.4) is 0 Å². The van der Waals surface area contributed by atoms with Crippen LogP contribution in [0.4, 0.5) is 0 Å². The van der Waals surface area contributed by atoms with Crippen molar-refractivity contribution < 1.29 is 9.47 Å². The van der Waals surface area contributed by atoms with Gasteiger partial charge < -0.3 is 15.2 Å². The van der Waals surface area contributed by atoms with Crippen LogP contribution >= 0.6 is 0 Å². The van der Waals surface area contributed by atoms with Gasteiger partial charge in [-0.25, -0.2) is 0 Å². The van der Waals surface area contributed by atoms with E-state index < -0.39 is 0 Å². The van der Waals surface area contributed by atoms with Crippen LogP contribution in [0.1, 0.15) is 43.7 Å². The van der Waals surface area contributed by atoms with Gasteiger partial charge in [-0.3, -0.25) is 0 Å². The third kappa shape index (κ3) is 2.84. The van der Waals surface area contributed by atoms with E-state index in [1.54, 1.807) is 0 Å². The lowest BCUT2D eigenvalue weighted by molar-refractivity contribution is -0.0980. The van der Waals surface area contributed by atoms with Gasteiger partial charge >= 0.3 is 0 Å². The molecule has 2 aliphatic carbocycles. The summed E-state index contributed by atoms with van der Waals surface area (Å²) in [7, 11) is 0. The zero-order valence-corrected chi connectivity index (χ0v) is 12.3. The summed E-state index contributed by atoms with van der Waals surface area (Å²) in [6.45, 7) is 2.88. The molecule has 3 rings (SSSR count). The number of ether oxygens (including phenoxy) is 2. The first-order chi connectivity index (χ1) is 9.78. The van der Waals surface area contributed by atoms with Crippen LogP contribution in [0.15, 0.2) is 18.2 Å². The standard InChI is InChI=1S/C17H25NO2/c1-2-9-19-17-15(18)11-16(17)20-14-8-7-12-5-3-4-6-13(12)10-14/h7-8,10,15-17H,2-6,9,11,18H2,1H3. The van der Waals surface area contributed by atoms with Crippen molar-refractivity contribution in [1.29, 1.82) is 0 Å². The highest BCUT2D eigenvalue weighted by atomic mass is 16.5. The quantitative estimate of drug-likeness (QED) is 0.898. The molecule has 1 fully saturated rings. The molecule has 3 unspecified atom stereocenters. The Hall–Kier alpha value is -1.06. The fourth-order valence-corrected chi connectivity index (χ4v) is 3.17. The van der Waals surface area contributed by atoms with Crippen LogP contribution in [0, 0.1) is 0 Å². The summed E-state index contributed by atoms with van der Waals surface area (Å²) in [5.41, 5.74) is 8.97. The van der Waals surface area contributed by atoms with Gasteiger partial charge in [0.2, 0.25) is 0 Å². The van der Waals surface area contributed by atoms with Crippen LogP contribution < -0.4 is 10.5 Å². The van der Waals surface area contributed by atoms with Gasteiger partial charge in [0.1, 0.15) is 18.0 Å². The smallest absolute Gasteiger partial charge is 0.128 e. The van der Waals surface area contributed by atoms with E-state index in [1.165, 1.54) is 36.8 Å². The number of rotatable bonds is 5. The number of aryl methyl sites for hydroxylation is 2. The third-order valence-electron chi connectivity index (χ3n) is 4.41. The molecule has 0 radical (unpaired) electrons. The van der Waals surface area contributed by atoms with Gasteiger partial charge in [-0.05, 0) is 55.4 Å². The maximum Gasteiger partial charge on any atom is 0.128 e. The van der Waals surface area contributed by atoms with Crippen LogP contribution in [-0.4, -0.2) is 24.9 Å². The molecule has 3 nitrogen and oxygen atoms in total. The Labute approximate surface area is 121 Å². The van der Waals surface area contributed by atoms with E-state index >= 15 is 0 Å². The zero-order chi connectivity index (χ0) is 13.9. The molecule has 0 saturated heterocycles. The Morgan fingerprint density at radius 2 is 2.00 bits per heavy atom. The third-order valence-corrected chi connectivity index (χ3v) is 4.41. The highest BCUT2D eigenvalue weighted by molar-refractivity contribution is 5.37. The van der Waals surface area contributed by atoms with Crippen molar-refractivity contribution in [2.24, 2.45) is 5.73 Å². The molecule has 0 heterocycles. The molecule has 0 bridgehead atoms. The van der Waals surface area contributed by atoms with Crippen molar-refractivity contribution in [1.82, 2.24) is 0 Å². The number of benzene rings is 1. The molecular formula is C17H25NO2. The van der Waals surface area contributed by atoms with Crippen molar-refractivity contribution in [3.63, 3.8) is 0 Å². The minimum absolute atomic E-state index is 0.0611. The van der Waals surface area contributed by atoms with Gasteiger partial charge in [0.05, 0.1) is 0 Å². The molecule has 1 saturated carbocycles. The molecule has 0 spiro atoms. The lowest BCUT2D eigenvalue weighted by Crippen LogP contribution is -2.59. The highest BCUT2D eigenvalue weighted by Crippen LogP contribution is 2.30. The largest absolute Gasteiger partial charge is 0.488 e. The second-order valence-electron chi connectivity index (χ2n) is 6.03. The second kappa shape index (κ2) is 6.15. The van der Waals surface area contributed by atoms with E-state index in [4.69, 9.17) is 15.2 Å². The summed E-state index contributed by atoms with van der Waals surface area (Å²) in [6, 6.07) is 6.67. The van der Waals surface area contributed by atoms with E-state index in [0.717, 1.165) is 25.2 Å². The van der Waals surface area contributed by atoms with Crippen LogP contribution in [-0.2, 0) is 17.6 Å². The molecule has 1 aromatic carbocycles. The van der Waals surface area contributed by atoms with Crippen molar-refractivity contribution in [2.45, 2.75) is 63.7 Å². The second-order valence-corrected chi connectivity index (χ2v) is 6.03. The normalized spacial score (nSPS) is 28.6. The van der Waals surface area contributed by atoms with Gasteiger partial charge in [0.15, 0.2) is 0 Å². The lowest BCUT2D eigenvalue weighted by Gasteiger charge is -2.41. The molecule has 2 N–H and O–H groups in total. The summed E-state index contributed by atoms with van der Waals surface area (Å²) in [5.74, 6) is 0.979. The molecule has 20 heavy (non-hydrogen) atoms. The number of hydrogen-bond donors (Lipinski definition) is 1. The minimum Gasteiger partial charge on any atom is -0.488 e. The van der Waals surface area contributed by atoms with Gasteiger partial charge in [0, 0.05) is 19.1 Å². The number of hydrogen-bond acceptors (Lipinski definition) is 3. The van der Waals surface area contributed by atoms with Crippen LogP contribution in [0.25, 0.3) is 0 Å². The number of fused-ring (bicyclic) bond motifs is 1. The van der Waals surface area contributed by atoms with Crippen LogP contribution in [0.5, 0.6) is 5.75 Å². The van der Waals surface area contributed by atoms with Crippen molar-refractivity contribution in [3.05, 3.63) is 29.3 Å². The van der Waals surface area contributed by atoms with E-state index in [-0.39, 0.29) is 18.2 Å². The van der Waals surface area contributed by atoms with Crippen molar-refractivity contribution in [3.8, 4) is 5.75 Å². The summed E-state index contributed by atoms with van der Waals surface area (Å²) < 4.78 is 11.9. The molecule has 0 aromatic heterocycles. The topological polar surface area (TPSA) is 44.5 Å². The molecule has 3 atom stereocenters. The Morgan fingerprint density at radius 3 is 2.75 bits per heavy atom. The van der Waals surface area contributed by atoms with Crippen molar-refractivity contribution >= 4 is 0 Å². The maximum atomic E-state index is 6.09. The highest BCUT2D eigenvalue weighted by Gasteiger charge is 2.41. The van der Waals surface area contributed by atoms with E-state index in [1.807, 2.05) is 0 Å². The first-order valence-electron chi connectivity index (χ1n) is 7.93. The summed E-state index contributed by atoms with van der Waals surface area (Å²) >= 11 is 0. The molecule has 3 heteroatoms.